The number of hydrazine groups is 1. The molecule has 41 heteroatoms. The first kappa shape index (κ1) is 72.5. The minimum Gasteiger partial charge on any atom is -0.394 e. The summed E-state index contributed by atoms with van der Waals surface area (Å²) in [6.07, 6.45) is -65.1. The van der Waals surface area contributed by atoms with E-state index in [1.165, 1.54) is 25.3 Å². The van der Waals surface area contributed by atoms with Gasteiger partial charge in [-0.1, -0.05) is 0 Å². The average molecular weight is 1340 g/mol. The molecule has 26 N–H and O–H groups in total. The van der Waals surface area contributed by atoms with Crippen molar-refractivity contribution < 1.29 is 173 Å². The van der Waals surface area contributed by atoms with Gasteiger partial charge in [0.15, 0.2) is 37.7 Å². The van der Waals surface area contributed by atoms with E-state index in [2.05, 4.69) is 26.7 Å². The van der Waals surface area contributed by atoms with Gasteiger partial charge in [0.1, 0.15) is 171 Å². The van der Waals surface area contributed by atoms with Gasteiger partial charge in [0.2, 0.25) is 0 Å². The van der Waals surface area contributed by atoms with Crippen LogP contribution in [0.3, 0.4) is 0 Å². The summed E-state index contributed by atoms with van der Waals surface area (Å²) in [5.41, 5.74) is 2.31. The van der Waals surface area contributed by atoms with Gasteiger partial charge >= 0.3 is 12.1 Å². The van der Waals surface area contributed by atoms with Crippen LogP contribution in [0.2, 0.25) is 0 Å². The number of ether oxygens (including phenoxy) is 14. The molecule has 0 radical (unpaired) electrons. The molecule has 0 aliphatic carbocycles. The molecular formula is C51H82N6O35. The normalized spacial score (nSPS) is 47.8. The number of nitrogens with one attached hydrogen (secondary N) is 5. The molecule has 526 valence electrons. The van der Waals surface area contributed by atoms with E-state index >= 15 is 0 Å². The number of rotatable bonds is 11. The second-order valence-corrected chi connectivity index (χ2v) is 22.9. The summed E-state index contributed by atoms with van der Waals surface area (Å²) >= 11 is 0. The van der Waals surface area contributed by atoms with Gasteiger partial charge in [0, 0.05) is 31.6 Å². The van der Waals surface area contributed by atoms with Crippen LogP contribution in [-0.4, -0.2) is 378 Å². The van der Waals surface area contributed by atoms with Crippen LogP contribution in [0.4, 0.5) is 26.7 Å². The van der Waals surface area contributed by atoms with Gasteiger partial charge in [-0.15, -0.1) is 0 Å². The molecule has 41 nitrogen and oxygen atoms in total. The van der Waals surface area contributed by atoms with Crippen molar-refractivity contribution in [2.24, 2.45) is 5.84 Å². The smallest absolute Gasteiger partial charge is 0.319 e. The number of amides is 4. The molecule has 0 saturated carbocycles. The molecule has 0 spiro atoms. The number of anilines is 3. The molecule has 92 heavy (non-hydrogen) atoms. The van der Waals surface area contributed by atoms with E-state index in [1.54, 1.807) is 0 Å². The molecule has 10 bridgehead atoms. The molecule has 11 heterocycles. The molecule has 7 saturated heterocycles. The Bertz CT molecular complexity index is 2520. The minimum atomic E-state index is -2.30. The zero-order valence-electron chi connectivity index (χ0n) is 48.6. The second-order valence-electron chi connectivity index (χ2n) is 22.9. The third-order valence-electron chi connectivity index (χ3n) is 16.9. The summed E-state index contributed by atoms with van der Waals surface area (Å²) < 4.78 is 80.4. The van der Waals surface area contributed by atoms with E-state index in [9.17, 15) is 107 Å². The average Bonchev–Trinajstić information content (AvgIpc) is 0.785. The molecule has 1 aromatic carbocycles. The number of aliphatic hydroxyl groups is 19. The zero-order chi connectivity index (χ0) is 66.7. The number of carbonyl (C=O) groups is 2. The van der Waals surface area contributed by atoms with Crippen LogP contribution in [0.1, 0.15) is 0 Å². The van der Waals surface area contributed by atoms with Gasteiger partial charge in [0.05, 0.1) is 45.3 Å². The van der Waals surface area contributed by atoms with Crippen molar-refractivity contribution in [1.82, 2.24) is 10.6 Å². The van der Waals surface area contributed by atoms with Gasteiger partial charge in [-0.25, -0.2) is 9.59 Å². The van der Waals surface area contributed by atoms with Crippen LogP contribution in [0.5, 0.6) is 0 Å². The van der Waals surface area contributed by atoms with E-state index < -0.39 is 273 Å². The van der Waals surface area contributed by atoms with Crippen molar-refractivity contribution in [1.29, 1.82) is 0 Å². The number of nitrogens with two attached hydrogens (primary N) is 1. The van der Waals surface area contributed by atoms with Crippen molar-refractivity contribution in [3.63, 3.8) is 0 Å². The molecule has 0 aromatic heterocycles. The van der Waals surface area contributed by atoms with Gasteiger partial charge < -0.3 is 190 Å². The number of urea groups is 2. The fraction of sp³-hybridized carbons (Fsp3) is 0.843. The number of methoxy groups -OCH3 is 1. The Morgan fingerprint density at radius 1 is 0.435 bits per heavy atom. The number of hydrogen-bond acceptors (Lipinski definition) is 37. The summed E-state index contributed by atoms with van der Waals surface area (Å²) in [5, 5.41) is 220. The highest BCUT2D eigenvalue weighted by Crippen LogP contribution is 2.38. The van der Waals surface area contributed by atoms with Crippen LogP contribution < -0.4 is 32.5 Å². The number of nitrogen functional groups attached to an aromatic ring is 1. The Hall–Kier alpha value is -3.80. The zero-order valence-corrected chi connectivity index (χ0v) is 48.6. The van der Waals surface area contributed by atoms with Gasteiger partial charge in [0.25, 0.3) is 0 Å². The first-order valence-corrected chi connectivity index (χ1v) is 29.2. The largest absolute Gasteiger partial charge is 0.394 e. The highest BCUT2D eigenvalue weighted by molar-refractivity contribution is 5.94. The molecule has 34 atom stereocenters. The molecule has 4 amide bonds. The molecule has 1 aromatic rings. The molecule has 7 fully saturated rings. The Kier molecular flexibility index (Phi) is 24.9. The summed E-state index contributed by atoms with van der Waals surface area (Å²) in [6.45, 7) is -6.72. The van der Waals surface area contributed by atoms with Crippen LogP contribution in [-0.2, 0) is 66.3 Å². The molecule has 11 aliphatic rings. The number of fused-ring (bicyclic) bond motifs is 3. The SMILES string of the molecule is CO[C@H]1C(O)C(O)[C@@H](O[C@H]2C(O)C(O)[C@@H](O[C@H]3C(O)C(O)[C@H]4OC5C(O)C(O)[C@H](O[C@@H]5CO)O[C@H]5C(O)C(O)[C@H](O[C@@H]5CO)O[C@H]5C(O)C(O)[C@H](O[C@@H]5CO)O[C@H]5C(O)C(O)CO[C@@H]5CNC(=O)Nc5cc(NN)cc(c5)NC(=O)NC[C@H]3O4)O[C@@H]2CO)O[C@@H]1CO. The Morgan fingerprint density at radius 2 is 0.815 bits per heavy atom. The summed E-state index contributed by atoms with van der Waals surface area (Å²) in [6, 6.07) is 1.80. The quantitative estimate of drug-likeness (QED) is 0.0723. The predicted molar refractivity (Wildman–Crippen MR) is 290 cm³/mol. The molecule has 11 aliphatic heterocycles. The maximum Gasteiger partial charge on any atom is 0.319 e. The standard InChI is InChI=1S/C51H82N6O35/c1-79-37-19(7-58)82-45(31(71)25(37)65)90-41-22(10-61)84-47(34(74)28(41)68)88-39-18-6-54-51(78)56-14-2-13(3-15(4-14)57-52)55-50(77)53-5-17-38(24(64)16(63)12-80-17)87-46-33(73)27(67)42(21(9-60)83-46)91-49-36(76)30(70)43(23(11-62)86-49)92-48-35(75)29(69)40(20(8-59)85-48)89-44(81-18)32(72)26(39)66/h2-4,16-49,57-76H,5-12,52H2,1H3,(H2,53,55,77)(H2,54,56,78)/t16?,17-,18-,19-,20-,21-,22-,23-,24?,25?,26?,27?,28?,29?,30?,31?,32?,33?,34?,35?,36?,37-,38-,39-,40?,41-,42-,43-,44-,45-,46-,47-,48-,49-/m1/s1. The lowest BCUT2D eigenvalue weighted by Crippen LogP contribution is -2.68. The first-order chi connectivity index (χ1) is 43.9. The maximum atomic E-state index is 13.8. The molecular weight excluding hydrogens is 1260 g/mol. The predicted octanol–water partition coefficient (Wildman–Crippen LogP) is -13.7. The lowest BCUT2D eigenvalue weighted by atomic mass is 9.95. The fourth-order valence-electron chi connectivity index (χ4n) is 11.9. The van der Waals surface area contributed by atoms with Gasteiger partial charge in [-0.2, -0.15) is 0 Å². The summed E-state index contributed by atoms with van der Waals surface area (Å²) in [7, 11) is 1.17. The lowest BCUT2D eigenvalue weighted by Gasteiger charge is -2.50. The minimum absolute atomic E-state index is 0.0469. The van der Waals surface area contributed by atoms with E-state index in [1.807, 2.05) is 0 Å². The second kappa shape index (κ2) is 31.6. The Balaban J connectivity index is 0.988. The lowest BCUT2D eigenvalue weighted by molar-refractivity contribution is -0.396. The summed E-state index contributed by atoms with van der Waals surface area (Å²) in [5.74, 6) is 5.72. The van der Waals surface area contributed by atoms with E-state index in [0.717, 1.165) is 0 Å². The highest BCUT2D eigenvalue weighted by atomic mass is 16.8. The number of benzene rings is 1. The van der Waals surface area contributed by atoms with E-state index in [4.69, 9.17) is 72.2 Å². The number of hydrogen-bond donors (Lipinski definition) is 25. The first-order valence-electron chi connectivity index (χ1n) is 29.2. The topological polar surface area (TPSA) is 634 Å². The maximum absolute atomic E-state index is 13.8. The fourth-order valence-corrected chi connectivity index (χ4v) is 11.9. The van der Waals surface area contributed by atoms with E-state index in [-0.39, 0.29) is 17.1 Å². The van der Waals surface area contributed by atoms with Crippen molar-refractivity contribution in [3.8, 4) is 0 Å². The molecule has 15 unspecified atom stereocenters. The Labute approximate surface area is 520 Å². The van der Waals surface area contributed by atoms with Crippen LogP contribution >= 0.6 is 0 Å². The number of aliphatic hydroxyl groups excluding tert-OH is 19. The van der Waals surface area contributed by atoms with Crippen LogP contribution in [0.25, 0.3) is 0 Å². The highest BCUT2D eigenvalue weighted by Gasteiger charge is 2.58. The van der Waals surface area contributed by atoms with Crippen LogP contribution in [0, 0.1) is 0 Å². The molecule has 12 rings (SSSR count). The van der Waals surface area contributed by atoms with Crippen molar-refractivity contribution in [2.45, 2.75) is 209 Å². The van der Waals surface area contributed by atoms with Gasteiger partial charge in [-0.3, -0.25) is 5.84 Å². The third-order valence-corrected chi connectivity index (χ3v) is 16.9. The number of carbonyl (C=O) groups excluding carboxylic acids is 2. The Morgan fingerprint density at radius 3 is 1.25 bits per heavy atom. The van der Waals surface area contributed by atoms with Crippen LogP contribution in [0.15, 0.2) is 18.2 Å². The monoisotopic (exact) mass is 1340 g/mol. The summed E-state index contributed by atoms with van der Waals surface area (Å²) in [4.78, 5) is 27.3. The third kappa shape index (κ3) is 15.5. The van der Waals surface area contributed by atoms with Crippen molar-refractivity contribution >= 4 is 29.1 Å². The van der Waals surface area contributed by atoms with Crippen molar-refractivity contribution in [2.75, 3.05) is 75.9 Å². The van der Waals surface area contributed by atoms with E-state index in [0.29, 0.717) is 0 Å². The van der Waals surface area contributed by atoms with Crippen molar-refractivity contribution in [3.05, 3.63) is 18.2 Å². The van der Waals surface area contributed by atoms with Gasteiger partial charge in [-0.05, 0) is 18.2 Å².